The van der Waals surface area contributed by atoms with Gasteiger partial charge >= 0.3 is 0 Å². The molecule has 7 heteroatoms. The number of likely N-dealkylation sites (N-methyl/N-ethyl adjacent to an activating group) is 1. The van der Waals surface area contributed by atoms with E-state index in [9.17, 15) is 9.59 Å². The summed E-state index contributed by atoms with van der Waals surface area (Å²) in [7, 11) is 3.96. The van der Waals surface area contributed by atoms with Crippen LogP contribution in [0.25, 0.3) is 0 Å². The summed E-state index contributed by atoms with van der Waals surface area (Å²) in [5.41, 5.74) is 6.67. The fourth-order valence-corrected chi connectivity index (χ4v) is 3.59. The third kappa shape index (κ3) is 5.13. The van der Waals surface area contributed by atoms with E-state index in [2.05, 4.69) is 0 Å². The number of hydrogen-bond acceptors (Lipinski definition) is 5. The van der Waals surface area contributed by atoms with Crippen molar-refractivity contribution in [2.45, 2.75) is 12.1 Å². The monoisotopic (exact) mass is 397 g/mol. The van der Waals surface area contributed by atoms with Gasteiger partial charge in [-0.15, -0.1) is 0 Å². The zero-order valence-corrected chi connectivity index (χ0v) is 16.8. The Morgan fingerprint density at radius 2 is 1.83 bits per heavy atom. The molecule has 0 bridgehead atoms. The second kappa shape index (κ2) is 9.54. The fourth-order valence-electron chi connectivity index (χ4n) is 3.59. The number of benzene rings is 2. The summed E-state index contributed by atoms with van der Waals surface area (Å²) in [4.78, 5) is 28.5. The van der Waals surface area contributed by atoms with E-state index in [-0.39, 0.29) is 30.2 Å². The molecule has 7 nitrogen and oxygen atoms in total. The van der Waals surface area contributed by atoms with Crippen molar-refractivity contribution in [1.82, 2.24) is 9.80 Å². The average Bonchev–Trinajstić information content (AvgIpc) is 2.72. The molecule has 0 saturated carbocycles. The van der Waals surface area contributed by atoms with E-state index < -0.39 is 5.91 Å². The van der Waals surface area contributed by atoms with Crippen molar-refractivity contribution in [2.24, 2.45) is 5.73 Å². The number of carbonyl (C=O) groups is 2. The first-order chi connectivity index (χ1) is 14.0. The highest BCUT2D eigenvalue weighted by atomic mass is 16.5. The maximum Gasteiger partial charge on any atom is 0.261 e. The highest BCUT2D eigenvalue weighted by Gasteiger charge is 2.36. The number of rotatable bonds is 7. The van der Waals surface area contributed by atoms with Crippen molar-refractivity contribution in [2.75, 3.05) is 40.4 Å². The van der Waals surface area contributed by atoms with Gasteiger partial charge in [-0.05, 0) is 31.8 Å². The van der Waals surface area contributed by atoms with Gasteiger partial charge in [0.25, 0.3) is 11.8 Å². The molecule has 154 valence electrons. The predicted molar refractivity (Wildman–Crippen MR) is 110 cm³/mol. The van der Waals surface area contributed by atoms with Crippen LogP contribution in [0.4, 0.5) is 0 Å². The number of primary amides is 1. The lowest BCUT2D eigenvalue weighted by molar-refractivity contribution is -0.150. The first kappa shape index (κ1) is 20.8. The first-order valence-corrected chi connectivity index (χ1v) is 9.59. The Hall–Kier alpha value is -2.90. The Labute approximate surface area is 171 Å². The molecule has 0 unspecified atom stereocenters. The third-order valence-corrected chi connectivity index (χ3v) is 4.86. The largest absolute Gasteiger partial charge is 0.483 e. The molecule has 0 spiro atoms. The number of para-hydroxylation sites is 1. The van der Waals surface area contributed by atoms with Crippen LogP contribution in [0.2, 0.25) is 0 Å². The van der Waals surface area contributed by atoms with Crippen LogP contribution in [0.15, 0.2) is 54.6 Å². The Bertz CT molecular complexity index is 841. The number of hydrogen-bond donors (Lipinski definition) is 1. The Kier molecular flexibility index (Phi) is 6.85. The Morgan fingerprint density at radius 3 is 2.52 bits per heavy atom. The molecule has 1 aliphatic rings. The van der Waals surface area contributed by atoms with Gasteiger partial charge in [-0.3, -0.25) is 9.59 Å². The molecule has 0 radical (unpaired) electrons. The number of morpholine rings is 1. The number of ether oxygens (including phenoxy) is 2. The molecule has 2 N–H and O–H groups in total. The standard InChI is InChI=1S/C22H27N3O4/c1-24(2)14-19-21(16-8-4-3-5-9-16)25(12-13-28-19)20(26)15-29-18-11-7-6-10-17(18)22(23)27/h3-11,19,21H,12-15H2,1-2H3,(H2,23,27)/t19-,21-/m0/s1. The van der Waals surface area contributed by atoms with Gasteiger partial charge in [0, 0.05) is 13.1 Å². The number of nitrogens with zero attached hydrogens (tertiary/aromatic N) is 2. The van der Waals surface area contributed by atoms with Crippen LogP contribution in [-0.4, -0.2) is 68.1 Å². The molecule has 0 aromatic heterocycles. The van der Waals surface area contributed by atoms with E-state index in [0.717, 1.165) is 5.56 Å². The van der Waals surface area contributed by atoms with Crippen molar-refractivity contribution in [3.63, 3.8) is 0 Å². The quantitative estimate of drug-likeness (QED) is 0.769. The number of amides is 2. The molecule has 3 rings (SSSR count). The van der Waals surface area contributed by atoms with Gasteiger partial charge in [-0.25, -0.2) is 0 Å². The molecular formula is C22H27N3O4. The van der Waals surface area contributed by atoms with Crippen LogP contribution in [0, 0.1) is 0 Å². The highest BCUT2D eigenvalue weighted by Crippen LogP contribution is 2.30. The maximum atomic E-state index is 13.1. The van der Waals surface area contributed by atoms with Crippen LogP contribution in [0.1, 0.15) is 22.0 Å². The van der Waals surface area contributed by atoms with Crippen LogP contribution in [0.5, 0.6) is 5.75 Å². The van der Waals surface area contributed by atoms with Gasteiger partial charge in [0.15, 0.2) is 6.61 Å². The zero-order chi connectivity index (χ0) is 20.8. The van der Waals surface area contributed by atoms with E-state index in [1.165, 1.54) is 0 Å². The highest BCUT2D eigenvalue weighted by molar-refractivity contribution is 5.95. The van der Waals surface area contributed by atoms with Crippen molar-refractivity contribution in [1.29, 1.82) is 0 Å². The van der Waals surface area contributed by atoms with Gasteiger partial charge in [0.1, 0.15) is 5.75 Å². The van der Waals surface area contributed by atoms with Crippen LogP contribution >= 0.6 is 0 Å². The van der Waals surface area contributed by atoms with Gasteiger partial charge in [-0.1, -0.05) is 42.5 Å². The summed E-state index contributed by atoms with van der Waals surface area (Å²) in [6, 6.07) is 16.3. The lowest BCUT2D eigenvalue weighted by atomic mass is 9.97. The van der Waals surface area contributed by atoms with Crippen LogP contribution < -0.4 is 10.5 Å². The minimum Gasteiger partial charge on any atom is -0.483 e. The van der Waals surface area contributed by atoms with Crippen molar-refractivity contribution in [3.8, 4) is 5.75 Å². The Morgan fingerprint density at radius 1 is 1.14 bits per heavy atom. The lowest BCUT2D eigenvalue weighted by Gasteiger charge is -2.42. The van der Waals surface area contributed by atoms with Gasteiger partial charge in [0.2, 0.25) is 0 Å². The van der Waals surface area contributed by atoms with E-state index in [1.807, 2.05) is 49.3 Å². The molecule has 1 fully saturated rings. The summed E-state index contributed by atoms with van der Waals surface area (Å²) in [5.74, 6) is -0.444. The van der Waals surface area contributed by atoms with Crippen molar-refractivity contribution in [3.05, 3.63) is 65.7 Å². The predicted octanol–water partition coefficient (Wildman–Crippen LogP) is 1.69. The lowest BCUT2D eigenvalue weighted by Crippen LogP contribution is -2.52. The molecule has 2 amide bonds. The summed E-state index contributed by atoms with van der Waals surface area (Å²) in [6.45, 7) is 1.45. The average molecular weight is 397 g/mol. The molecule has 1 saturated heterocycles. The second-order valence-electron chi connectivity index (χ2n) is 7.26. The minimum atomic E-state index is -0.590. The van der Waals surface area contributed by atoms with Crippen LogP contribution in [-0.2, 0) is 9.53 Å². The van der Waals surface area contributed by atoms with Gasteiger partial charge in [-0.2, -0.15) is 0 Å². The molecule has 29 heavy (non-hydrogen) atoms. The summed E-state index contributed by atoms with van der Waals surface area (Å²) in [5, 5.41) is 0. The molecule has 0 aliphatic carbocycles. The molecule has 2 aromatic carbocycles. The number of carbonyl (C=O) groups excluding carboxylic acids is 2. The zero-order valence-electron chi connectivity index (χ0n) is 16.8. The van der Waals surface area contributed by atoms with E-state index in [4.69, 9.17) is 15.2 Å². The van der Waals surface area contributed by atoms with E-state index in [0.29, 0.717) is 25.4 Å². The topological polar surface area (TPSA) is 85.1 Å². The maximum absolute atomic E-state index is 13.1. The first-order valence-electron chi connectivity index (χ1n) is 9.59. The summed E-state index contributed by atoms with van der Waals surface area (Å²) in [6.07, 6.45) is -0.150. The third-order valence-electron chi connectivity index (χ3n) is 4.86. The summed E-state index contributed by atoms with van der Waals surface area (Å²) < 4.78 is 11.7. The van der Waals surface area contributed by atoms with E-state index in [1.54, 1.807) is 29.2 Å². The second-order valence-corrected chi connectivity index (χ2v) is 7.26. The summed E-state index contributed by atoms with van der Waals surface area (Å²) >= 11 is 0. The van der Waals surface area contributed by atoms with Crippen molar-refractivity contribution >= 4 is 11.8 Å². The molecule has 1 heterocycles. The SMILES string of the molecule is CN(C)C[C@@H]1OCCN(C(=O)COc2ccccc2C(N)=O)[C@H]1c1ccccc1. The van der Waals surface area contributed by atoms with Crippen LogP contribution in [0.3, 0.4) is 0 Å². The number of nitrogens with two attached hydrogens (primary N) is 1. The molecule has 2 atom stereocenters. The smallest absolute Gasteiger partial charge is 0.261 e. The molecule has 2 aromatic rings. The molecular weight excluding hydrogens is 370 g/mol. The van der Waals surface area contributed by atoms with Gasteiger partial charge in [0.05, 0.1) is 24.3 Å². The van der Waals surface area contributed by atoms with Gasteiger partial charge < -0.3 is 25.0 Å². The van der Waals surface area contributed by atoms with E-state index >= 15 is 0 Å². The fraction of sp³-hybridized carbons (Fsp3) is 0.364. The molecule has 1 aliphatic heterocycles. The Balaban J connectivity index is 1.79. The van der Waals surface area contributed by atoms with Crippen molar-refractivity contribution < 1.29 is 19.1 Å². The minimum absolute atomic E-state index is 0.150. The normalized spacial score (nSPS) is 19.2.